The number of carbonyl (C=O) groups is 2. The van der Waals surface area contributed by atoms with Crippen LogP contribution in [-0.2, 0) is 9.59 Å². The van der Waals surface area contributed by atoms with Gasteiger partial charge in [-0.05, 0) is 12.3 Å². The van der Waals surface area contributed by atoms with Gasteiger partial charge in [0.15, 0.2) is 0 Å². The van der Waals surface area contributed by atoms with Crippen LogP contribution in [0.15, 0.2) is 0 Å². The number of likely N-dealkylation sites (tertiary alicyclic amines) is 1. The lowest BCUT2D eigenvalue weighted by Gasteiger charge is -2.20. The van der Waals surface area contributed by atoms with Crippen LogP contribution < -0.4 is 5.73 Å². The number of aliphatic carboxylic acids is 1. The van der Waals surface area contributed by atoms with Crippen molar-refractivity contribution in [3.05, 3.63) is 0 Å². The molecule has 1 aliphatic rings. The molecule has 3 atom stereocenters. The number of rotatable bonds is 4. The Balaban J connectivity index is 2.58. The average Bonchev–Trinajstić information content (AvgIpc) is 2.59. The molecular weight excluding hydrogens is 208 g/mol. The first-order valence-electron chi connectivity index (χ1n) is 5.74. The molecule has 1 aliphatic heterocycles. The molecule has 1 saturated heterocycles. The van der Waals surface area contributed by atoms with Gasteiger partial charge in [-0.1, -0.05) is 20.3 Å². The van der Waals surface area contributed by atoms with Crippen LogP contribution in [0.5, 0.6) is 0 Å². The fraction of sp³-hybridized carbons (Fsp3) is 0.818. The SMILES string of the molecule is CCCC(N)C(=O)N1CC(C)C(C(=O)O)C1. The normalized spacial score (nSPS) is 26.8. The Labute approximate surface area is 95.6 Å². The van der Waals surface area contributed by atoms with E-state index >= 15 is 0 Å². The summed E-state index contributed by atoms with van der Waals surface area (Å²) in [7, 11) is 0. The lowest BCUT2D eigenvalue weighted by atomic mass is 9.99. The number of carboxylic acid groups (broad SMARTS) is 1. The van der Waals surface area contributed by atoms with E-state index in [0.717, 1.165) is 6.42 Å². The summed E-state index contributed by atoms with van der Waals surface area (Å²) in [6.07, 6.45) is 1.51. The van der Waals surface area contributed by atoms with Gasteiger partial charge in [0.1, 0.15) is 0 Å². The summed E-state index contributed by atoms with van der Waals surface area (Å²) in [4.78, 5) is 24.4. The van der Waals surface area contributed by atoms with Gasteiger partial charge in [-0.25, -0.2) is 0 Å². The minimum absolute atomic E-state index is 0.00952. The fourth-order valence-electron chi connectivity index (χ4n) is 2.14. The summed E-state index contributed by atoms with van der Waals surface area (Å²) in [6, 6.07) is -0.482. The second-order valence-electron chi connectivity index (χ2n) is 4.56. The van der Waals surface area contributed by atoms with E-state index in [1.54, 1.807) is 4.90 Å². The molecule has 1 rings (SSSR count). The van der Waals surface area contributed by atoms with Gasteiger partial charge in [0.25, 0.3) is 0 Å². The highest BCUT2D eigenvalue weighted by atomic mass is 16.4. The molecular formula is C11H20N2O3. The van der Waals surface area contributed by atoms with E-state index < -0.39 is 17.9 Å². The smallest absolute Gasteiger partial charge is 0.308 e. The van der Waals surface area contributed by atoms with E-state index in [1.807, 2.05) is 13.8 Å². The second-order valence-corrected chi connectivity index (χ2v) is 4.56. The maximum Gasteiger partial charge on any atom is 0.308 e. The van der Waals surface area contributed by atoms with Gasteiger partial charge in [-0.15, -0.1) is 0 Å². The standard InChI is InChI=1S/C11H20N2O3/c1-3-4-9(12)10(14)13-5-7(2)8(6-13)11(15)16/h7-9H,3-6,12H2,1-2H3,(H,15,16). The van der Waals surface area contributed by atoms with Crippen LogP contribution in [0.3, 0.4) is 0 Å². The topological polar surface area (TPSA) is 83.6 Å². The van der Waals surface area contributed by atoms with Crippen molar-refractivity contribution in [3.63, 3.8) is 0 Å². The number of amides is 1. The lowest BCUT2D eigenvalue weighted by molar-refractivity contribution is -0.142. The van der Waals surface area contributed by atoms with Gasteiger partial charge in [0, 0.05) is 13.1 Å². The van der Waals surface area contributed by atoms with Crippen LogP contribution in [0.4, 0.5) is 0 Å². The van der Waals surface area contributed by atoms with Gasteiger partial charge < -0.3 is 15.7 Å². The van der Waals surface area contributed by atoms with Gasteiger partial charge in [-0.3, -0.25) is 9.59 Å². The van der Waals surface area contributed by atoms with E-state index in [-0.39, 0.29) is 11.8 Å². The molecule has 0 aromatic carbocycles. The molecule has 1 heterocycles. The fourth-order valence-corrected chi connectivity index (χ4v) is 2.14. The Morgan fingerprint density at radius 3 is 2.56 bits per heavy atom. The van der Waals surface area contributed by atoms with Gasteiger partial charge in [-0.2, -0.15) is 0 Å². The minimum atomic E-state index is -0.827. The van der Waals surface area contributed by atoms with E-state index in [2.05, 4.69) is 0 Å². The molecule has 92 valence electrons. The molecule has 1 fully saturated rings. The molecule has 0 radical (unpaired) electrons. The first-order chi connectivity index (χ1) is 7.47. The van der Waals surface area contributed by atoms with Gasteiger partial charge in [0.05, 0.1) is 12.0 Å². The Morgan fingerprint density at radius 1 is 1.50 bits per heavy atom. The largest absolute Gasteiger partial charge is 0.481 e. The molecule has 5 heteroatoms. The Morgan fingerprint density at radius 2 is 2.12 bits per heavy atom. The number of nitrogens with zero attached hydrogens (tertiary/aromatic N) is 1. The van der Waals surface area contributed by atoms with Crippen LogP contribution in [0.25, 0.3) is 0 Å². The van der Waals surface area contributed by atoms with E-state index in [1.165, 1.54) is 0 Å². The number of nitrogens with two attached hydrogens (primary N) is 1. The third-order valence-corrected chi connectivity index (χ3v) is 3.16. The first-order valence-corrected chi connectivity index (χ1v) is 5.74. The predicted molar refractivity (Wildman–Crippen MR) is 59.8 cm³/mol. The van der Waals surface area contributed by atoms with Crippen molar-refractivity contribution >= 4 is 11.9 Å². The summed E-state index contributed by atoms with van der Waals surface area (Å²) >= 11 is 0. The monoisotopic (exact) mass is 228 g/mol. The summed E-state index contributed by atoms with van der Waals surface area (Å²) in [5.41, 5.74) is 5.74. The van der Waals surface area contributed by atoms with Crippen molar-refractivity contribution in [2.24, 2.45) is 17.6 Å². The van der Waals surface area contributed by atoms with E-state index in [9.17, 15) is 9.59 Å². The molecule has 16 heavy (non-hydrogen) atoms. The van der Waals surface area contributed by atoms with Crippen molar-refractivity contribution in [1.82, 2.24) is 4.90 Å². The van der Waals surface area contributed by atoms with E-state index in [4.69, 9.17) is 10.8 Å². The van der Waals surface area contributed by atoms with Crippen LogP contribution in [0.1, 0.15) is 26.7 Å². The molecule has 0 aromatic heterocycles. The van der Waals surface area contributed by atoms with Crippen molar-refractivity contribution in [3.8, 4) is 0 Å². The lowest BCUT2D eigenvalue weighted by Crippen LogP contribution is -2.42. The molecule has 0 bridgehead atoms. The average molecular weight is 228 g/mol. The summed E-state index contributed by atoms with van der Waals surface area (Å²) in [5.74, 6) is -1.38. The minimum Gasteiger partial charge on any atom is -0.481 e. The van der Waals surface area contributed by atoms with Crippen molar-refractivity contribution in [2.75, 3.05) is 13.1 Å². The highest BCUT2D eigenvalue weighted by Gasteiger charge is 2.37. The first kappa shape index (κ1) is 13.0. The molecule has 1 amide bonds. The quantitative estimate of drug-likeness (QED) is 0.724. The van der Waals surface area contributed by atoms with Crippen LogP contribution in [0, 0.1) is 11.8 Å². The number of carbonyl (C=O) groups excluding carboxylic acids is 1. The van der Waals surface area contributed by atoms with Gasteiger partial charge >= 0.3 is 5.97 Å². The maximum absolute atomic E-state index is 11.9. The molecule has 0 aliphatic carbocycles. The summed E-state index contributed by atoms with van der Waals surface area (Å²) in [5, 5.41) is 8.96. The molecule has 3 unspecified atom stereocenters. The van der Waals surface area contributed by atoms with Crippen molar-refractivity contribution in [2.45, 2.75) is 32.7 Å². The Hall–Kier alpha value is -1.10. The van der Waals surface area contributed by atoms with E-state index in [0.29, 0.717) is 19.5 Å². The second kappa shape index (κ2) is 5.30. The molecule has 3 N–H and O–H groups in total. The highest BCUT2D eigenvalue weighted by molar-refractivity contribution is 5.83. The number of hydrogen-bond donors (Lipinski definition) is 2. The zero-order chi connectivity index (χ0) is 12.3. The zero-order valence-electron chi connectivity index (χ0n) is 9.85. The maximum atomic E-state index is 11.9. The van der Waals surface area contributed by atoms with Crippen molar-refractivity contribution in [1.29, 1.82) is 0 Å². The summed E-state index contributed by atoms with van der Waals surface area (Å²) in [6.45, 7) is 4.64. The van der Waals surface area contributed by atoms with Crippen LogP contribution in [0.2, 0.25) is 0 Å². The Kier molecular flexibility index (Phi) is 4.29. The van der Waals surface area contributed by atoms with Gasteiger partial charge in [0.2, 0.25) is 5.91 Å². The van der Waals surface area contributed by atoms with Crippen LogP contribution in [-0.4, -0.2) is 41.0 Å². The predicted octanol–water partition coefficient (Wildman–Crippen LogP) is 0.293. The number of hydrogen-bond acceptors (Lipinski definition) is 3. The third-order valence-electron chi connectivity index (χ3n) is 3.16. The molecule has 0 saturated carbocycles. The Bertz CT molecular complexity index is 280. The van der Waals surface area contributed by atoms with Crippen molar-refractivity contribution < 1.29 is 14.7 Å². The molecule has 5 nitrogen and oxygen atoms in total. The zero-order valence-corrected chi connectivity index (χ0v) is 9.85. The number of carboxylic acids is 1. The highest BCUT2D eigenvalue weighted by Crippen LogP contribution is 2.23. The summed E-state index contributed by atoms with van der Waals surface area (Å²) < 4.78 is 0. The van der Waals surface area contributed by atoms with Crippen LogP contribution >= 0.6 is 0 Å². The molecule has 0 spiro atoms. The molecule has 0 aromatic rings. The third kappa shape index (κ3) is 2.72.